The molecule has 0 radical (unpaired) electrons. The molecule has 4 nitrogen and oxygen atoms in total. The summed E-state index contributed by atoms with van der Waals surface area (Å²) in [5.41, 5.74) is 2.13. The second-order valence-electron chi connectivity index (χ2n) is 5.11. The van der Waals surface area contributed by atoms with E-state index in [9.17, 15) is 0 Å². The Morgan fingerprint density at radius 2 is 2.14 bits per heavy atom. The van der Waals surface area contributed by atoms with Crippen LogP contribution >= 0.6 is 11.3 Å². The smallest absolute Gasteiger partial charge is 0.183 e. The summed E-state index contributed by atoms with van der Waals surface area (Å²) in [6.07, 6.45) is 2.05. The van der Waals surface area contributed by atoms with Gasteiger partial charge in [-0.2, -0.15) is 0 Å². The Morgan fingerprint density at radius 1 is 1.24 bits per heavy atom. The van der Waals surface area contributed by atoms with Crippen molar-refractivity contribution in [1.82, 2.24) is 15.5 Å². The fourth-order valence-electron chi connectivity index (χ4n) is 2.26. The third kappa shape index (κ3) is 3.31. The maximum atomic E-state index is 5.86. The molecule has 0 aliphatic heterocycles. The van der Waals surface area contributed by atoms with E-state index >= 15 is 0 Å². The molecular formula is C16H19N3OS. The van der Waals surface area contributed by atoms with E-state index in [1.807, 2.05) is 12.1 Å². The molecule has 2 heterocycles. The zero-order chi connectivity index (χ0) is 14.7. The highest BCUT2D eigenvalue weighted by molar-refractivity contribution is 7.14. The minimum Gasteiger partial charge on any atom is -0.453 e. The maximum absolute atomic E-state index is 5.86. The summed E-state index contributed by atoms with van der Waals surface area (Å²) in [7, 11) is 0. The van der Waals surface area contributed by atoms with Gasteiger partial charge >= 0.3 is 0 Å². The number of furan rings is 1. The second kappa shape index (κ2) is 6.37. The highest BCUT2D eigenvalue weighted by atomic mass is 32.1. The lowest BCUT2D eigenvalue weighted by atomic mass is 10.2. The fraction of sp³-hybridized carbons (Fsp3) is 0.375. The summed E-state index contributed by atoms with van der Waals surface area (Å²) in [4.78, 5) is 0. The molecule has 0 saturated carbocycles. The molecule has 0 aliphatic carbocycles. The largest absolute Gasteiger partial charge is 0.453 e. The van der Waals surface area contributed by atoms with E-state index in [2.05, 4.69) is 41.5 Å². The standard InChI is InChI=1S/C16H19N3OS/c1-3-17-8-4-5-15-18-19-16(21-15)14-10-12-9-11(2)6-7-13(12)20-14/h6-7,9-10,17H,3-5,8H2,1-2H3. The van der Waals surface area contributed by atoms with Crippen LogP contribution < -0.4 is 5.32 Å². The quantitative estimate of drug-likeness (QED) is 0.704. The number of nitrogens with one attached hydrogen (secondary N) is 1. The zero-order valence-electron chi connectivity index (χ0n) is 12.3. The number of fused-ring (bicyclic) bond motifs is 1. The lowest BCUT2D eigenvalue weighted by molar-refractivity contribution is 0.629. The van der Waals surface area contributed by atoms with Gasteiger partial charge in [-0.15, -0.1) is 10.2 Å². The van der Waals surface area contributed by atoms with Crippen LogP contribution in [0.5, 0.6) is 0 Å². The van der Waals surface area contributed by atoms with Crippen LogP contribution in [0.4, 0.5) is 0 Å². The van der Waals surface area contributed by atoms with Gasteiger partial charge in [-0.05, 0) is 44.6 Å². The van der Waals surface area contributed by atoms with E-state index in [1.54, 1.807) is 11.3 Å². The summed E-state index contributed by atoms with van der Waals surface area (Å²) >= 11 is 1.62. The molecule has 1 N–H and O–H groups in total. The first-order valence-electron chi connectivity index (χ1n) is 7.30. The molecule has 3 rings (SSSR count). The number of aromatic nitrogens is 2. The summed E-state index contributed by atoms with van der Waals surface area (Å²) < 4.78 is 5.86. The lowest BCUT2D eigenvalue weighted by Gasteiger charge is -1.97. The number of nitrogens with zero attached hydrogens (tertiary/aromatic N) is 2. The molecule has 0 aliphatic rings. The number of hydrogen-bond acceptors (Lipinski definition) is 5. The fourth-order valence-corrected chi connectivity index (χ4v) is 3.10. The van der Waals surface area contributed by atoms with Crippen molar-refractivity contribution in [2.45, 2.75) is 26.7 Å². The Labute approximate surface area is 128 Å². The minimum absolute atomic E-state index is 0.811. The van der Waals surface area contributed by atoms with Crippen LogP contribution in [0.2, 0.25) is 0 Å². The Balaban J connectivity index is 1.75. The van der Waals surface area contributed by atoms with Gasteiger partial charge in [0.1, 0.15) is 10.6 Å². The third-order valence-electron chi connectivity index (χ3n) is 3.34. The third-order valence-corrected chi connectivity index (χ3v) is 4.34. The molecule has 0 saturated heterocycles. The molecule has 0 bridgehead atoms. The van der Waals surface area contributed by atoms with Gasteiger partial charge in [0, 0.05) is 11.8 Å². The van der Waals surface area contributed by atoms with Gasteiger partial charge in [-0.25, -0.2) is 0 Å². The summed E-state index contributed by atoms with van der Waals surface area (Å²) in [6.45, 7) is 6.24. The summed E-state index contributed by atoms with van der Waals surface area (Å²) in [5.74, 6) is 0.811. The van der Waals surface area contributed by atoms with E-state index in [0.717, 1.165) is 52.7 Å². The van der Waals surface area contributed by atoms with Gasteiger partial charge in [0.2, 0.25) is 0 Å². The molecule has 5 heteroatoms. The molecule has 0 unspecified atom stereocenters. The molecule has 21 heavy (non-hydrogen) atoms. The van der Waals surface area contributed by atoms with Crippen molar-refractivity contribution in [1.29, 1.82) is 0 Å². The average Bonchev–Trinajstić information content (AvgIpc) is 3.09. The van der Waals surface area contributed by atoms with Crippen LogP contribution in [0.25, 0.3) is 21.7 Å². The molecule has 0 amide bonds. The monoisotopic (exact) mass is 301 g/mol. The van der Waals surface area contributed by atoms with Crippen LogP contribution in [0.1, 0.15) is 23.9 Å². The van der Waals surface area contributed by atoms with Gasteiger partial charge in [0.25, 0.3) is 0 Å². The number of hydrogen-bond donors (Lipinski definition) is 1. The van der Waals surface area contributed by atoms with Crippen LogP contribution in [0.15, 0.2) is 28.7 Å². The van der Waals surface area contributed by atoms with Gasteiger partial charge < -0.3 is 9.73 Å². The second-order valence-corrected chi connectivity index (χ2v) is 6.17. The number of benzene rings is 1. The Morgan fingerprint density at radius 3 is 3.00 bits per heavy atom. The van der Waals surface area contributed by atoms with Crippen LogP contribution in [-0.4, -0.2) is 23.3 Å². The number of rotatable bonds is 6. The van der Waals surface area contributed by atoms with Gasteiger partial charge in [-0.3, -0.25) is 0 Å². The Kier molecular flexibility index (Phi) is 4.31. The Hall–Kier alpha value is -1.72. The molecule has 3 aromatic rings. The highest BCUT2D eigenvalue weighted by Crippen LogP contribution is 2.30. The maximum Gasteiger partial charge on any atom is 0.183 e. The van der Waals surface area contributed by atoms with Crippen molar-refractivity contribution >= 4 is 22.3 Å². The summed E-state index contributed by atoms with van der Waals surface area (Å²) in [5, 5.41) is 14.9. The first-order chi connectivity index (χ1) is 10.3. The van der Waals surface area contributed by atoms with E-state index in [1.165, 1.54) is 5.56 Å². The summed E-state index contributed by atoms with van der Waals surface area (Å²) in [6, 6.07) is 8.24. The molecular weight excluding hydrogens is 282 g/mol. The minimum atomic E-state index is 0.811. The SMILES string of the molecule is CCNCCCc1nnc(-c2cc3cc(C)ccc3o2)s1. The van der Waals surface area contributed by atoms with Gasteiger partial charge in [0.15, 0.2) is 10.8 Å². The van der Waals surface area contributed by atoms with Crippen molar-refractivity contribution in [3.8, 4) is 10.8 Å². The van der Waals surface area contributed by atoms with E-state index < -0.39 is 0 Å². The predicted molar refractivity (Wildman–Crippen MR) is 86.7 cm³/mol. The predicted octanol–water partition coefficient (Wildman–Crippen LogP) is 3.80. The van der Waals surface area contributed by atoms with E-state index in [4.69, 9.17) is 4.42 Å². The topological polar surface area (TPSA) is 51.0 Å². The van der Waals surface area contributed by atoms with Crippen LogP contribution in [0.3, 0.4) is 0 Å². The average molecular weight is 301 g/mol. The zero-order valence-corrected chi connectivity index (χ0v) is 13.2. The molecule has 110 valence electrons. The molecule has 0 atom stereocenters. The van der Waals surface area contributed by atoms with Crippen molar-refractivity contribution in [2.75, 3.05) is 13.1 Å². The normalized spacial score (nSPS) is 11.3. The lowest BCUT2D eigenvalue weighted by Crippen LogP contribution is -2.14. The molecule has 0 fully saturated rings. The van der Waals surface area contributed by atoms with Crippen LogP contribution in [0, 0.1) is 6.92 Å². The number of aryl methyl sites for hydroxylation is 2. The van der Waals surface area contributed by atoms with Crippen LogP contribution in [-0.2, 0) is 6.42 Å². The van der Waals surface area contributed by atoms with Crippen molar-refractivity contribution in [3.63, 3.8) is 0 Å². The Bertz CT molecular complexity index is 732. The van der Waals surface area contributed by atoms with E-state index in [0.29, 0.717) is 0 Å². The first kappa shape index (κ1) is 14.2. The van der Waals surface area contributed by atoms with Crippen molar-refractivity contribution in [2.24, 2.45) is 0 Å². The van der Waals surface area contributed by atoms with Crippen molar-refractivity contribution < 1.29 is 4.42 Å². The molecule has 0 spiro atoms. The molecule has 1 aromatic carbocycles. The van der Waals surface area contributed by atoms with Crippen molar-refractivity contribution in [3.05, 3.63) is 34.8 Å². The van der Waals surface area contributed by atoms with Gasteiger partial charge in [0.05, 0.1) is 0 Å². The first-order valence-corrected chi connectivity index (χ1v) is 8.11. The molecule has 2 aromatic heterocycles. The highest BCUT2D eigenvalue weighted by Gasteiger charge is 2.11. The van der Waals surface area contributed by atoms with Gasteiger partial charge in [-0.1, -0.05) is 29.9 Å². The van der Waals surface area contributed by atoms with E-state index in [-0.39, 0.29) is 0 Å².